The van der Waals surface area contributed by atoms with E-state index in [9.17, 15) is 9.90 Å². The molecule has 143 valence electrons. The second kappa shape index (κ2) is 18.8. The molecule has 3 nitrogen and oxygen atoms in total. The number of aliphatic hydroxyl groups is 1. The van der Waals surface area contributed by atoms with Gasteiger partial charge in [0.05, 0.1) is 6.10 Å². The van der Waals surface area contributed by atoms with Crippen molar-refractivity contribution in [1.82, 2.24) is 5.32 Å². The van der Waals surface area contributed by atoms with E-state index in [0.717, 1.165) is 32.1 Å². The van der Waals surface area contributed by atoms with Gasteiger partial charge < -0.3 is 10.4 Å². The van der Waals surface area contributed by atoms with E-state index >= 15 is 0 Å². The van der Waals surface area contributed by atoms with E-state index in [1.807, 2.05) is 0 Å². The van der Waals surface area contributed by atoms with Crippen molar-refractivity contribution in [2.24, 2.45) is 0 Å². The Hall–Kier alpha value is -0.570. The fraction of sp³-hybridized carbons (Fsp3) is 0.905. The molecule has 0 heterocycles. The van der Waals surface area contributed by atoms with E-state index in [1.165, 1.54) is 64.2 Å². The van der Waals surface area contributed by atoms with Crippen LogP contribution in [0.15, 0.2) is 0 Å². The van der Waals surface area contributed by atoms with Gasteiger partial charge in [-0.2, -0.15) is 0 Å². The van der Waals surface area contributed by atoms with Gasteiger partial charge in [0, 0.05) is 13.0 Å². The lowest BCUT2D eigenvalue weighted by Gasteiger charge is -2.10. The monoisotopic (exact) mass is 340 g/mol. The van der Waals surface area contributed by atoms with Gasteiger partial charge in [0.1, 0.15) is 0 Å². The van der Waals surface area contributed by atoms with Crippen LogP contribution in [0.1, 0.15) is 110 Å². The summed E-state index contributed by atoms with van der Waals surface area (Å²) in [5.74, 6) is 0.173. The Morgan fingerprint density at radius 3 is 1.92 bits per heavy atom. The molecule has 1 radical (unpaired) electrons. The minimum atomic E-state index is -0.0727. The first-order chi connectivity index (χ1) is 11.7. The molecule has 0 rings (SSSR count). The van der Waals surface area contributed by atoms with Crippen LogP contribution in [0.4, 0.5) is 0 Å². The molecular formula is C21H42NO2. The molecular weight excluding hydrogens is 298 g/mol. The van der Waals surface area contributed by atoms with E-state index in [-0.39, 0.29) is 12.0 Å². The number of carbonyl (C=O) groups is 1. The van der Waals surface area contributed by atoms with Crippen LogP contribution in [-0.4, -0.2) is 23.7 Å². The zero-order chi connectivity index (χ0) is 17.9. The highest BCUT2D eigenvalue weighted by molar-refractivity contribution is 5.75. The summed E-state index contributed by atoms with van der Waals surface area (Å²) in [5.41, 5.74) is 0. The van der Waals surface area contributed by atoms with Crippen LogP contribution in [0.5, 0.6) is 0 Å². The second-order valence-corrected chi connectivity index (χ2v) is 7.07. The van der Waals surface area contributed by atoms with Gasteiger partial charge in [-0.3, -0.25) is 4.79 Å². The van der Waals surface area contributed by atoms with Gasteiger partial charge in [0.2, 0.25) is 5.91 Å². The summed E-state index contributed by atoms with van der Waals surface area (Å²) in [6.45, 7) is 6.63. The van der Waals surface area contributed by atoms with E-state index in [1.54, 1.807) is 0 Å². The highest BCUT2D eigenvalue weighted by Crippen LogP contribution is 2.14. The summed E-state index contributed by atoms with van der Waals surface area (Å²) >= 11 is 0. The Labute approximate surface area is 151 Å². The molecule has 24 heavy (non-hydrogen) atoms. The molecule has 0 saturated heterocycles. The summed E-state index contributed by atoms with van der Waals surface area (Å²) in [7, 11) is 0. The van der Waals surface area contributed by atoms with Crippen molar-refractivity contribution in [3.8, 4) is 0 Å². The second-order valence-electron chi connectivity index (χ2n) is 7.07. The number of carbonyl (C=O) groups excluding carboxylic acids is 1. The topological polar surface area (TPSA) is 49.3 Å². The Morgan fingerprint density at radius 1 is 0.875 bits per heavy atom. The van der Waals surface area contributed by atoms with Crippen molar-refractivity contribution in [1.29, 1.82) is 0 Å². The zero-order valence-electron chi connectivity index (χ0n) is 16.2. The van der Waals surface area contributed by atoms with Crippen LogP contribution >= 0.6 is 0 Å². The lowest BCUT2D eigenvalue weighted by Crippen LogP contribution is -2.23. The Morgan fingerprint density at radius 2 is 1.38 bits per heavy atom. The molecule has 0 aromatic heterocycles. The number of amides is 1. The molecule has 0 spiro atoms. The highest BCUT2D eigenvalue weighted by Gasteiger charge is 2.03. The summed E-state index contributed by atoms with van der Waals surface area (Å²) in [5, 5.41) is 12.8. The number of hydrogen-bond donors (Lipinski definition) is 2. The Bertz CT molecular complexity index is 269. The lowest BCUT2D eigenvalue weighted by molar-refractivity contribution is -0.121. The van der Waals surface area contributed by atoms with Gasteiger partial charge in [0.15, 0.2) is 0 Å². The SMILES string of the molecule is [CH2]CCNC(=O)CCCCCCCCCCC(O)CCCCCC. The van der Waals surface area contributed by atoms with Crippen LogP contribution in [0.3, 0.4) is 0 Å². The van der Waals surface area contributed by atoms with Crippen LogP contribution in [0.25, 0.3) is 0 Å². The lowest BCUT2D eigenvalue weighted by atomic mass is 10.0. The average Bonchev–Trinajstić information content (AvgIpc) is 2.58. The van der Waals surface area contributed by atoms with E-state index < -0.39 is 0 Å². The molecule has 1 atom stereocenters. The molecule has 0 aliphatic carbocycles. The standard InChI is InChI=1S/C21H42NO2/c1-3-5-6-13-16-20(23)17-14-11-9-7-8-10-12-15-18-21(24)22-19-4-2/h20,23H,2-19H2,1H3,(H,22,24). The summed E-state index contributed by atoms with van der Waals surface area (Å²) < 4.78 is 0. The first kappa shape index (κ1) is 23.4. The summed E-state index contributed by atoms with van der Waals surface area (Å²) in [6.07, 6.45) is 18.0. The maximum Gasteiger partial charge on any atom is 0.219 e. The minimum absolute atomic E-state index is 0.0727. The van der Waals surface area contributed by atoms with Crippen molar-refractivity contribution in [2.75, 3.05) is 6.54 Å². The first-order valence-corrected chi connectivity index (χ1v) is 10.4. The fourth-order valence-corrected chi connectivity index (χ4v) is 2.99. The fourth-order valence-electron chi connectivity index (χ4n) is 2.99. The molecule has 0 aromatic carbocycles. The van der Waals surface area contributed by atoms with E-state index in [2.05, 4.69) is 19.2 Å². The Balaban J connectivity index is 3.18. The maximum atomic E-state index is 11.4. The number of unbranched alkanes of at least 4 members (excludes halogenated alkanes) is 10. The van der Waals surface area contributed by atoms with Gasteiger partial charge in [0.25, 0.3) is 0 Å². The van der Waals surface area contributed by atoms with Crippen molar-refractivity contribution < 1.29 is 9.90 Å². The molecule has 0 bridgehead atoms. The van der Waals surface area contributed by atoms with Crippen LogP contribution in [0.2, 0.25) is 0 Å². The third kappa shape index (κ3) is 17.8. The third-order valence-electron chi connectivity index (χ3n) is 4.58. The molecule has 1 amide bonds. The minimum Gasteiger partial charge on any atom is -0.393 e. The average molecular weight is 341 g/mol. The van der Waals surface area contributed by atoms with Gasteiger partial charge in [-0.05, 0) is 25.7 Å². The van der Waals surface area contributed by atoms with Gasteiger partial charge in [-0.1, -0.05) is 84.5 Å². The maximum absolute atomic E-state index is 11.4. The summed E-state index contributed by atoms with van der Waals surface area (Å²) in [4.78, 5) is 11.4. The number of nitrogens with one attached hydrogen (secondary N) is 1. The van der Waals surface area contributed by atoms with Crippen LogP contribution < -0.4 is 5.32 Å². The van der Waals surface area contributed by atoms with Crippen molar-refractivity contribution in [2.45, 2.75) is 116 Å². The normalized spacial score (nSPS) is 12.3. The molecule has 2 N–H and O–H groups in total. The smallest absolute Gasteiger partial charge is 0.219 e. The van der Waals surface area contributed by atoms with E-state index in [0.29, 0.717) is 13.0 Å². The first-order valence-electron chi connectivity index (χ1n) is 10.4. The largest absolute Gasteiger partial charge is 0.393 e. The predicted molar refractivity (Wildman–Crippen MR) is 104 cm³/mol. The third-order valence-corrected chi connectivity index (χ3v) is 4.58. The van der Waals surface area contributed by atoms with Gasteiger partial charge in [-0.25, -0.2) is 0 Å². The Kier molecular flexibility index (Phi) is 18.3. The van der Waals surface area contributed by atoms with Crippen LogP contribution in [-0.2, 0) is 4.79 Å². The quantitative estimate of drug-likeness (QED) is 0.321. The molecule has 0 fully saturated rings. The van der Waals surface area contributed by atoms with Crippen molar-refractivity contribution >= 4 is 5.91 Å². The molecule has 0 saturated carbocycles. The molecule has 1 unspecified atom stereocenters. The molecule has 0 aliphatic rings. The molecule has 3 heteroatoms. The molecule has 0 aliphatic heterocycles. The summed E-state index contributed by atoms with van der Waals surface area (Å²) in [6, 6.07) is 0. The van der Waals surface area contributed by atoms with Gasteiger partial charge >= 0.3 is 0 Å². The van der Waals surface area contributed by atoms with E-state index in [4.69, 9.17) is 0 Å². The van der Waals surface area contributed by atoms with Crippen molar-refractivity contribution in [3.63, 3.8) is 0 Å². The predicted octanol–water partition coefficient (Wildman–Crippen LogP) is 5.56. The van der Waals surface area contributed by atoms with Gasteiger partial charge in [-0.15, -0.1) is 0 Å². The van der Waals surface area contributed by atoms with Crippen LogP contribution in [0, 0.1) is 6.92 Å². The molecule has 0 aromatic rings. The zero-order valence-corrected chi connectivity index (χ0v) is 16.2. The highest BCUT2D eigenvalue weighted by atomic mass is 16.3. The number of hydrogen-bond acceptors (Lipinski definition) is 2. The van der Waals surface area contributed by atoms with Crippen molar-refractivity contribution in [3.05, 3.63) is 6.92 Å². The number of rotatable bonds is 18. The number of aliphatic hydroxyl groups excluding tert-OH is 1.